The van der Waals surface area contributed by atoms with Crippen molar-refractivity contribution in [1.82, 2.24) is 10.2 Å². The van der Waals surface area contributed by atoms with Crippen LogP contribution in [0.4, 0.5) is 13.2 Å². The molecule has 3 rings (SSSR count). The summed E-state index contributed by atoms with van der Waals surface area (Å²) in [5, 5.41) is 7.31. The van der Waals surface area contributed by atoms with E-state index in [0.29, 0.717) is 11.5 Å². The van der Waals surface area contributed by atoms with Crippen molar-refractivity contribution in [2.45, 2.75) is 6.18 Å². The van der Waals surface area contributed by atoms with Crippen LogP contribution in [-0.4, -0.2) is 16.2 Å². The van der Waals surface area contributed by atoms with Gasteiger partial charge >= 0.3 is 12.1 Å². The molecule has 0 radical (unpaired) electrons. The minimum absolute atomic E-state index is 0.239. The van der Waals surface area contributed by atoms with E-state index in [2.05, 4.69) is 10.2 Å². The topological polar surface area (TPSA) is 65.2 Å². The Balaban J connectivity index is 1.64. The highest BCUT2D eigenvalue weighted by Crippen LogP contribution is 2.29. The molecule has 0 N–H and O–H groups in total. The lowest BCUT2D eigenvalue weighted by molar-refractivity contribution is -0.137. The minimum Gasteiger partial charge on any atom is -0.423 e. The predicted molar refractivity (Wildman–Crippen MR) is 85.8 cm³/mol. The van der Waals surface area contributed by atoms with Gasteiger partial charge in [-0.15, -0.1) is 10.2 Å². The number of hydrogen-bond donors (Lipinski definition) is 0. The van der Waals surface area contributed by atoms with E-state index in [-0.39, 0.29) is 11.3 Å². The Morgan fingerprint density at radius 1 is 1.12 bits per heavy atom. The third-order valence-corrected chi connectivity index (χ3v) is 3.31. The molecule has 26 heavy (non-hydrogen) atoms. The number of carbonyl (C=O) groups excluding carboxylic acids is 1. The van der Waals surface area contributed by atoms with Crippen LogP contribution in [-0.2, 0) is 11.0 Å². The van der Waals surface area contributed by atoms with Gasteiger partial charge in [0.2, 0.25) is 12.3 Å². The molecule has 0 atom stereocenters. The predicted octanol–water partition coefficient (Wildman–Crippen LogP) is 4.37. The number of rotatable bonds is 4. The summed E-state index contributed by atoms with van der Waals surface area (Å²) in [5.74, 6) is -0.118. The molecule has 0 spiro atoms. The standard InChI is InChI=1S/C18H11F3N2O3/c19-18(20,21)14-3-1-2-12(10-14)4-9-16(24)26-15-7-5-13(6-8-15)17-23-22-11-25-17/h1-11H. The number of carbonyl (C=O) groups is 1. The van der Waals surface area contributed by atoms with Gasteiger partial charge in [0.25, 0.3) is 0 Å². The fraction of sp³-hybridized carbons (Fsp3) is 0.0556. The summed E-state index contributed by atoms with van der Waals surface area (Å²) in [7, 11) is 0. The van der Waals surface area contributed by atoms with Crippen molar-refractivity contribution >= 4 is 12.0 Å². The number of esters is 1. The van der Waals surface area contributed by atoms with Crippen molar-refractivity contribution in [3.05, 3.63) is 72.1 Å². The second-order valence-electron chi connectivity index (χ2n) is 5.15. The molecule has 0 unspecified atom stereocenters. The first-order chi connectivity index (χ1) is 12.4. The summed E-state index contributed by atoms with van der Waals surface area (Å²) in [6.45, 7) is 0. The lowest BCUT2D eigenvalue weighted by Crippen LogP contribution is -2.05. The molecule has 3 aromatic rings. The fourth-order valence-corrected chi connectivity index (χ4v) is 2.10. The van der Waals surface area contributed by atoms with Crippen LogP contribution in [0.3, 0.4) is 0 Å². The van der Waals surface area contributed by atoms with Crippen molar-refractivity contribution in [3.63, 3.8) is 0 Å². The van der Waals surface area contributed by atoms with Gasteiger partial charge < -0.3 is 9.15 Å². The molecule has 5 nitrogen and oxygen atoms in total. The molecule has 0 bridgehead atoms. The third-order valence-electron chi connectivity index (χ3n) is 3.31. The van der Waals surface area contributed by atoms with Gasteiger partial charge in [-0.3, -0.25) is 0 Å². The highest BCUT2D eigenvalue weighted by Gasteiger charge is 2.30. The van der Waals surface area contributed by atoms with E-state index in [1.165, 1.54) is 36.7 Å². The molecule has 8 heteroatoms. The number of halogens is 3. The average molecular weight is 360 g/mol. The SMILES string of the molecule is O=C(C=Cc1cccc(C(F)(F)F)c1)Oc1ccc(-c2nnco2)cc1. The van der Waals surface area contributed by atoms with E-state index >= 15 is 0 Å². The van der Waals surface area contributed by atoms with Gasteiger partial charge in [0.15, 0.2) is 0 Å². The van der Waals surface area contributed by atoms with Crippen LogP contribution < -0.4 is 4.74 Å². The van der Waals surface area contributed by atoms with Gasteiger partial charge in [0.1, 0.15) is 5.75 Å². The van der Waals surface area contributed by atoms with Crippen molar-refractivity contribution in [3.8, 4) is 17.2 Å². The lowest BCUT2D eigenvalue weighted by atomic mass is 10.1. The molecular formula is C18H11F3N2O3. The molecule has 1 aromatic heterocycles. The maximum Gasteiger partial charge on any atom is 0.416 e. The van der Waals surface area contributed by atoms with Gasteiger partial charge in [-0.25, -0.2) is 4.79 Å². The molecule has 2 aromatic carbocycles. The maximum atomic E-state index is 12.7. The van der Waals surface area contributed by atoms with Crippen LogP contribution in [0.5, 0.6) is 5.75 Å². The molecule has 0 saturated carbocycles. The van der Waals surface area contributed by atoms with Gasteiger partial charge in [0, 0.05) is 11.6 Å². The molecule has 1 heterocycles. The molecule has 132 valence electrons. The normalized spacial score (nSPS) is 11.7. The van der Waals surface area contributed by atoms with Gasteiger partial charge in [0.05, 0.1) is 5.56 Å². The Kier molecular flexibility index (Phi) is 4.83. The number of nitrogens with zero attached hydrogens (tertiary/aromatic N) is 2. The van der Waals surface area contributed by atoms with Crippen LogP contribution in [0.2, 0.25) is 0 Å². The van der Waals surface area contributed by atoms with Crippen molar-refractivity contribution in [2.75, 3.05) is 0 Å². The number of ether oxygens (including phenoxy) is 1. The molecule has 0 amide bonds. The number of benzene rings is 2. The zero-order valence-electron chi connectivity index (χ0n) is 13.1. The summed E-state index contributed by atoms with van der Waals surface area (Å²) in [6.07, 6.45) is -0.932. The Morgan fingerprint density at radius 3 is 2.54 bits per heavy atom. The smallest absolute Gasteiger partial charge is 0.416 e. The Morgan fingerprint density at radius 2 is 1.88 bits per heavy atom. The summed E-state index contributed by atoms with van der Waals surface area (Å²) in [6, 6.07) is 11.0. The largest absolute Gasteiger partial charge is 0.423 e. The number of aromatic nitrogens is 2. The first-order valence-corrected chi connectivity index (χ1v) is 7.35. The van der Waals surface area contributed by atoms with E-state index in [1.54, 1.807) is 12.1 Å². The minimum atomic E-state index is -4.44. The van der Waals surface area contributed by atoms with Crippen LogP contribution >= 0.6 is 0 Å². The molecular weight excluding hydrogens is 349 g/mol. The van der Waals surface area contributed by atoms with Crippen LogP contribution in [0.25, 0.3) is 17.5 Å². The summed E-state index contributed by atoms with van der Waals surface area (Å²) >= 11 is 0. The highest BCUT2D eigenvalue weighted by atomic mass is 19.4. The van der Waals surface area contributed by atoms with E-state index in [0.717, 1.165) is 18.2 Å². The zero-order valence-corrected chi connectivity index (χ0v) is 13.1. The summed E-state index contributed by atoms with van der Waals surface area (Å²) in [5.41, 5.74) is 0.106. The average Bonchev–Trinajstić information content (AvgIpc) is 3.15. The van der Waals surface area contributed by atoms with Gasteiger partial charge in [-0.2, -0.15) is 13.2 Å². The van der Waals surface area contributed by atoms with Crippen molar-refractivity contribution < 1.29 is 27.1 Å². The molecule has 0 saturated heterocycles. The second kappa shape index (κ2) is 7.22. The van der Waals surface area contributed by atoms with Crippen LogP contribution in [0.1, 0.15) is 11.1 Å². The highest BCUT2D eigenvalue weighted by molar-refractivity contribution is 5.88. The fourth-order valence-electron chi connectivity index (χ4n) is 2.10. The van der Waals surface area contributed by atoms with E-state index in [4.69, 9.17) is 9.15 Å². The van der Waals surface area contributed by atoms with Crippen molar-refractivity contribution in [1.29, 1.82) is 0 Å². The Labute approximate surface area is 145 Å². The van der Waals surface area contributed by atoms with Crippen LogP contribution in [0.15, 0.2) is 65.4 Å². The van der Waals surface area contributed by atoms with E-state index in [1.807, 2.05) is 0 Å². The molecule has 0 fully saturated rings. The Hall–Kier alpha value is -3.42. The van der Waals surface area contributed by atoms with E-state index < -0.39 is 17.7 Å². The number of hydrogen-bond acceptors (Lipinski definition) is 5. The maximum absolute atomic E-state index is 12.7. The van der Waals surface area contributed by atoms with E-state index in [9.17, 15) is 18.0 Å². The lowest BCUT2D eigenvalue weighted by Gasteiger charge is -2.06. The van der Waals surface area contributed by atoms with Crippen LogP contribution in [0, 0.1) is 0 Å². The van der Waals surface area contributed by atoms with Gasteiger partial charge in [-0.05, 0) is 48.0 Å². The zero-order chi connectivity index (χ0) is 18.6. The van der Waals surface area contributed by atoms with Gasteiger partial charge in [-0.1, -0.05) is 12.1 Å². The monoisotopic (exact) mass is 360 g/mol. The summed E-state index contributed by atoms with van der Waals surface area (Å²) in [4.78, 5) is 11.8. The molecule has 0 aliphatic heterocycles. The third kappa shape index (κ3) is 4.35. The first kappa shape index (κ1) is 17.4. The number of alkyl halides is 3. The van der Waals surface area contributed by atoms with Crippen molar-refractivity contribution in [2.24, 2.45) is 0 Å². The Bertz CT molecular complexity index is 918. The quantitative estimate of drug-likeness (QED) is 0.393. The second-order valence-corrected chi connectivity index (χ2v) is 5.15. The molecule has 0 aliphatic rings. The molecule has 0 aliphatic carbocycles. The first-order valence-electron chi connectivity index (χ1n) is 7.35. The summed E-state index contributed by atoms with van der Waals surface area (Å²) < 4.78 is 48.1.